The molecule has 0 fully saturated rings. The lowest BCUT2D eigenvalue weighted by atomic mass is 10.2. The third kappa shape index (κ3) is 2.82. The van der Waals surface area contributed by atoms with Crippen molar-refractivity contribution in [2.24, 2.45) is 0 Å². The Morgan fingerprint density at radius 3 is 2.54 bits per heavy atom. The largest absolute Gasteiger partial charge is 0.483 e. The van der Waals surface area contributed by atoms with E-state index in [1.807, 2.05) is 13.8 Å². The van der Waals surface area contributed by atoms with Crippen LogP contribution < -0.4 is 4.74 Å². The number of hydrogen-bond acceptors (Lipinski definition) is 4. The van der Waals surface area contributed by atoms with Crippen LogP contribution in [0.15, 0.2) is 12.4 Å². The van der Waals surface area contributed by atoms with Crippen molar-refractivity contribution in [1.82, 2.24) is 9.97 Å². The van der Waals surface area contributed by atoms with Crippen LogP contribution in [0.2, 0.25) is 0 Å². The van der Waals surface area contributed by atoms with E-state index >= 15 is 0 Å². The topological polar surface area (TPSA) is 52.1 Å². The van der Waals surface area contributed by atoms with Gasteiger partial charge >= 0.3 is 0 Å². The SMILES string of the molecule is CC(C)c1ncc(OCC=O)cn1. The van der Waals surface area contributed by atoms with Crippen LogP contribution in [0, 0.1) is 0 Å². The van der Waals surface area contributed by atoms with Gasteiger partial charge in [0.25, 0.3) is 0 Å². The molecule has 4 heteroatoms. The lowest BCUT2D eigenvalue weighted by Crippen LogP contribution is -2.01. The Hall–Kier alpha value is -1.45. The van der Waals surface area contributed by atoms with Crippen LogP contribution in [0.25, 0.3) is 0 Å². The molecule has 13 heavy (non-hydrogen) atoms. The third-order valence-corrected chi connectivity index (χ3v) is 1.48. The van der Waals surface area contributed by atoms with Gasteiger partial charge in [-0.15, -0.1) is 0 Å². The summed E-state index contributed by atoms with van der Waals surface area (Å²) in [6, 6.07) is 0. The summed E-state index contributed by atoms with van der Waals surface area (Å²) in [7, 11) is 0. The van der Waals surface area contributed by atoms with Crippen molar-refractivity contribution in [3.63, 3.8) is 0 Å². The summed E-state index contributed by atoms with van der Waals surface area (Å²) in [5.41, 5.74) is 0. The molecular formula is C9H12N2O2. The molecule has 1 rings (SSSR count). The Morgan fingerprint density at radius 1 is 1.46 bits per heavy atom. The van der Waals surface area contributed by atoms with Gasteiger partial charge < -0.3 is 4.74 Å². The van der Waals surface area contributed by atoms with Crippen molar-refractivity contribution < 1.29 is 9.53 Å². The molecular weight excluding hydrogens is 168 g/mol. The van der Waals surface area contributed by atoms with Crippen LogP contribution in [-0.4, -0.2) is 22.9 Å². The van der Waals surface area contributed by atoms with Crippen LogP contribution in [-0.2, 0) is 4.79 Å². The van der Waals surface area contributed by atoms with Gasteiger partial charge in [0.2, 0.25) is 0 Å². The predicted octanol–water partition coefficient (Wildman–Crippen LogP) is 1.18. The summed E-state index contributed by atoms with van der Waals surface area (Å²) in [4.78, 5) is 18.1. The molecule has 70 valence electrons. The Labute approximate surface area is 77.0 Å². The summed E-state index contributed by atoms with van der Waals surface area (Å²) in [6.45, 7) is 4.08. The zero-order valence-electron chi connectivity index (χ0n) is 7.73. The van der Waals surface area contributed by atoms with E-state index in [2.05, 4.69) is 9.97 Å². The summed E-state index contributed by atoms with van der Waals surface area (Å²) in [5, 5.41) is 0. The van der Waals surface area contributed by atoms with Gasteiger partial charge in [0.15, 0.2) is 12.0 Å². The highest BCUT2D eigenvalue weighted by Gasteiger charge is 2.01. The number of hydrogen-bond donors (Lipinski definition) is 0. The van der Waals surface area contributed by atoms with E-state index in [0.29, 0.717) is 18.0 Å². The fourth-order valence-corrected chi connectivity index (χ4v) is 0.829. The van der Waals surface area contributed by atoms with Crippen molar-refractivity contribution in [3.8, 4) is 5.75 Å². The first-order chi connectivity index (χ1) is 6.24. The second-order valence-electron chi connectivity index (χ2n) is 2.91. The maximum atomic E-state index is 9.99. The van der Waals surface area contributed by atoms with Crippen LogP contribution >= 0.6 is 0 Å². The summed E-state index contributed by atoms with van der Waals surface area (Å²) < 4.78 is 5.00. The third-order valence-electron chi connectivity index (χ3n) is 1.48. The first-order valence-electron chi connectivity index (χ1n) is 4.12. The quantitative estimate of drug-likeness (QED) is 0.653. The molecule has 0 aliphatic rings. The van der Waals surface area contributed by atoms with Crippen molar-refractivity contribution in [3.05, 3.63) is 18.2 Å². The molecule has 0 spiro atoms. The fourth-order valence-electron chi connectivity index (χ4n) is 0.829. The number of aldehydes is 1. The smallest absolute Gasteiger partial charge is 0.157 e. The van der Waals surface area contributed by atoms with Gasteiger partial charge in [0.1, 0.15) is 12.4 Å². The summed E-state index contributed by atoms with van der Waals surface area (Å²) in [6.07, 6.45) is 3.84. The second kappa shape index (κ2) is 4.54. The molecule has 0 aliphatic carbocycles. The standard InChI is InChI=1S/C9H12N2O2/c1-7(2)9-10-5-8(6-11-9)13-4-3-12/h3,5-7H,4H2,1-2H3. The molecule has 0 radical (unpaired) electrons. The molecule has 0 atom stereocenters. The minimum Gasteiger partial charge on any atom is -0.483 e. The van der Waals surface area contributed by atoms with Crippen molar-refractivity contribution in [1.29, 1.82) is 0 Å². The first kappa shape index (κ1) is 9.64. The average molecular weight is 180 g/mol. The summed E-state index contributed by atoms with van der Waals surface area (Å²) >= 11 is 0. The average Bonchev–Trinajstić information content (AvgIpc) is 2.15. The molecule has 0 saturated heterocycles. The lowest BCUT2D eigenvalue weighted by Gasteiger charge is -2.04. The van der Waals surface area contributed by atoms with Gasteiger partial charge in [-0.3, -0.25) is 4.79 Å². The number of carbonyl (C=O) groups excluding carboxylic acids is 1. The predicted molar refractivity (Wildman–Crippen MR) is 47.7 cm³/mol. The molecule has 0 N–H and O–H groups in total. The van der Waals surface area contributed by atoms with E-state index in [1.165, 1.54) is 0 Å². The number of ether oxygens (including phenoxy) is 1. The molecule has 0 aliphatic heterocycles. The highest BCUT2D eigenvalue weighted by molar-refractivity contribution is 5.51. The van der Waals surface area contributed by atoms with Gasteiger partial charge in [-0.05, 0) is 0 Å². The van der Waals surface area contributed by atoms with E-state index in [4.69, 9.17) is 4.74 Å². The molecule has 0 amide bonds. The van der Waals surface area contributed by atoms with E-state index in [0.717, 1.165) is 5.82 Å². The van der Waals surface area contributed by atoms with Crippen molar-refractivity contribution in [2.75, 3.05) is 6.61 Å². The first-order valence-corrected chi connectivity index (χ1v) is 4.12. The molecule has 1 heterocycles. The van der Waals surface area contributed by atoms with Crippen molar-refractivity contribution >= 4 is 6.29 Å². The lowest BCUT2D eigenvalue weighted by molar-refractivity contribution is -0.109. The van der Waals surface area contributed by atoms with Crippen molar-refractivity contribution in [2.45, 2.75) is 19.8 Å². The molecule has 4 nitrogen and oxygen atoms in total. The Balaban J connectivity index is 2.64. The number of carbonyl (C=O) groups is 1. The minimum absolute atomic E-state index is 0.0460. The summed E-state index contributed by atoms with van der Waals surface area (Å²) in [5.74, 6) is 1.61. The Bertz CT molecular complexity index is 269. The molecule has 0 bridgehead atoms. The fraction of sp³-hybridized carbons (Fsp3) is 0.444. The zero-order valence-corrected chi connectivity index (χ0v) is 7.73. The van der Waals surface area contributed by atoms with Crippen LogP contribution in [0.1, 0.15) is 25.6 Å². The Kier molecular flexibility index (Phi) is 3.37. The van der Waals surface area contributed by atoms with Gasteiger partial charge in [0, 0.05) is 5.92 Å². The van der Waals surface area contributed by atoms with Crippen LogP contribution in [0.3, 0.4) is 0 Å². The number of rotatable bonds is 4. The molecule has 1 aromatic rings. The minimum atomic E-state index is 0.0460. The zero-order chi connectivity index (χ0) is 9.68. The van der Waals surface area contributed by atoms with E-state index in [9.17, 15) is 4.79 Å². The highest BCUT2D eigenvalue weighted by atomic mass is 16.5. The normalized spacial score (nSPS) is 10.1. The molecule has 0 aromatic carbocycles. The number of aromatic nitrogens is 2. The molecule has 0 unspecified atom stereocenters. The maximum Gasteiger partial charge on any atom is 0.157 e. The number of nitrogens with zero attached hydrogens (tertiary/aromatic N) is 2. The monoisotopic (exact) mass is 180 g/mol. The van der Waals surface area contributed by atoms with E-state index in [-0.39, 0.29) is 6.61 Å². The second-order valence-corrected chi connectivity index (χ2v) is 2.91. The van der Waals surface area contributed by atoms with Gasteiger partial charge in [-0.2, -0.15) is 0 Å². The van der Waals surface area contributed by atoms with Gasteiger partial charge in [0.05, 0.1) is 12.4 Å². The van der Waals surface area contributed by atoms with Gasteiger partial charge in [-0.25, -0.2) is 9.97 Å². The molecule has 0 saturated carbocycles. The maximum absolute atomic E-state index is 9.99. The van der Waals surface area contributed by atoms with Gasteiger partial charge in [-0.1, -0.05) is 13.8 Å². The van der Waals surface area contributed by atoms with Crippen LogP contribution in [0.4, 0.5) is 0 Å². The van der Waals surface area contributed by atoms with E-state index in [1.54, 1.807) is 12.4 Å². The Morgan fingerprint density at radius 2 is 2.08 bits per heavy atom. The highest BCUT2D eigenvalue weighted by Crippen LogP contribution is 2.11. The molecule has 1 aromatic heterocycles. The van der Waals surface area contributed by atoms with Crippen LogP contribution in [0.5, 0.6) is 5.75 Å². The van der Waals surface area contributed by atoms with E-state index < -0.39 is 0 Å².